The zero-order chi connectivity index (χ0) is 15.3. The lowest BCUT2D eigenvalue weighted by molar-refractivity contribution is 0.0630. The summed E-state index contributed by atoms with van der Waals surface area (Å²) in [5.41, 5.74) is 1.75. The Morgan fingerprint density at radius 1 is 1.29 bits per heavy atom. The van der Waals surface area contributed by atoms with Gasteiger partial charge in [-0.05, 0) is 30.4 Å². The van der Waals surface area contributed by atoms with Crippen LogP contribution >= 0.6 is 0 Å². The highest BCUT2D eigenvalue weighted by Crippen LogP contribution is 2.30. The van der Waals surface area contributed by atoms with Gasteiger partial charge < -0.3 is 10.0 Å². The molecule has 1 aliphatic heterocycles. The van der Waals surface area contributed by atoms with E-state index in [1.807, 2.05) is 29.2 Å². The monoisotopic (exact) mass is 285 g/mol. The van der Waals surface area contributed by atoms with Gasteiger partial charge in [-0.15, -0.1) is 0 Å². The molecule has 2 rings (SSSR count). The van der Waals surface area contributed by atoms with Crippen LogP contribution in [0.15, 0.2) is 24.3 Å². The number of carbonyl (C=O) groups excluding carboxylic acids is 1. The quantitative estimate of drug-likeness (QED) is 0.849. The number of benzene rings is 1. The molecule has 0 atom stereocenters. The van der Waals surface area contributed by atoms with E-state index in [1.165, 1.54) is 0 Å². The molecule has 1 aromatic carbocycles. The van der Waals surface area contributed by atoms with Crippen LogP contribution in [0.1, 0.15) is 49.0 Å². The van der Waals surface area contributed by atoms with Gasteiger partial charge in [-0.25, -0.2) is 0 Å². The number of nitrogens with zero attached hydrogens (tertiary/aromatic N) is 1. The largest absolute Gasteiger partial charge is 0.395 e. The number of carbonyl (C=O) groups is 1. The summed E-state index contributed by atoms with van der Waals surface area (Å²) in [6.45, 7) is 6.17. The fourth-order valence-electron chi connectivity index (χ4n) is 2.48. The van der Waals surface area contributed by atoms with E-state index in [0.717, 1.165) is 31.5 Å². The third kappa shape index (κ3) is 4.09. The maximum absolute atomic E-state index is 12.7. The Morgan fingerprint density at radius 2 is 1.95 bits per heavy atom. The molecule has 21 heavy (non-hydrogen) atoms. The summed E-state index contributed by atoms with van der Waals surface area (Å²) < 4.78 is 0. The number of piperidine rings is 1. The lowest BCUT2D eigenvalue weighted by Gasteiger charge is -2.37. The maximum atomic E-state index is 12.7. The van der Waals surface area contributed by atoms with Crippen LogP contribution in [0.3, 0.4) is 0 Å². The smallest absolute Gasteiger partial charge is 0.255 e. The Morgan fingerprint density at radius 3 is 2.62 bits per heavy atom. The van der Waals surface area contributed by atoms with Crippen molar-refractivity contribution in [3.05, 3.63) is 35.4 Å². The molecule has 3 nitrogen and oxygen atoms in total. The molecule has 1 amide bonds. The van der Waals surface area contributed by atoms with Crippen LogP contribution in [0, 0.1) is 17.3 Å². The first-order chi connectivity index (χ1) is 10.0. The van der Waals surface area contributed by atoms with Gasteiger partial charge in [-0.3, -0.25) is 4.79 Å². The molecule has 0 aliphatic carbocycles. The van der Waals surface area contributed by atoms with E-state index in [2.05, 4.69) is 25.7 Å². The van der Waals surface area contributed by atoms with Gasteiger partial charge in [0.15, 0.2) is 0 Å². The topological polar surface area (TPSA) is 40.5 Å². The second kappa shape index (κ2) is 6.78. The van der Waals surface area contributed by atoms with Crippen LogP contribution in [-0.2, 0) is 0 Å². The number of aliphatic hydroxyl groups is 1. The fraction of sp³-hybridized carbons (Fsp3) is 0.500. The van der Waals surface area contributed by atoms with Gasteiger partial charge in [0.05, 0.1) is 12.2 Å². The second-order valence-electron chi connectivity index (χ2n) is 6.28. The molecule has 0 radical (unpaired) electrons. The molecule has 0 bridgehead atoms. The minimum Gasteiger partial charge on any atom is -0.395 e. The molecule has 1 N–H and O–H groups in total. The lowest BCUT2D eigenvalue weighted by Crippen LogP contribution is -2.41. The molecule has 3 heteroatoms. The van der Waals surface area contributed by atoms with Gasteiger partial charge in [0.25, 0.3) is 5.91 Å². The van der Waals surface area contributed by atoms with Crippen molar-refractivity contribution in [2.24, 2.45) is 5.41 Å². The minimum absolute atomic E-state index is 0.0460. The van der Waals surface area contributed by atoms with Gasteiger partial charge in [0.1, 0.15) is 0 Å². The molecule has 1 saturated heterocycles. The van der Waals surface area contributed by atoms with Crippen molar-refractivity contribution >= 4 is 5.91 Å². The van der Waals surface area contributed by atoms with Crippen molar-refractivity contribution in [3.63, 3.8) is 0 Å². The third-order valence-corrected chi connectivity index (χ3v) is 4.02. The van der Waals surface area contributed by atoms with E-state index in [9.17, 15) is 4.79 Å². The summed E-state index contributed by atoms with van der Waals surface area (Å²) in [5, 5.41) is 8.80. The van der Waals surface area contributed by atoms with E-state index >= 15 is 0 Å². The van der Waals surface area contributed by atoms with Gasteiger partial charge in [0, 0.05) is 25.1 Å². The van der Waals surface area contributed by atoms with Gasteiger partial charge in [0.2, 0.25) is 0 Å². The van der Waals surface area contributed by atoms with Crippen molar-refractivity contribution in [3.8, 4) is 11.8 Å². The van der Waals surface area contributed by atoms with E-state index in [0.29, 0.717) is 17.4 Å². The normalized spacial score (nSPS) is 17.0. The Bertz CT molecular complexity index is 556. The number of aliphatic hydroxyl groups excluding tert-OH is 1. The van der Waals surface area contributed by atoms with Crippen molar-refractivity contribution in [1.29, 1.82) is 0 Å². The number of amides is 1. The highest BCUT2D eigenvalue weighted by Gasteiger charge is 2.28. The Balaban J connectivity index is 2.15. The van der Waals surface area contributed by atoms with E-state index < -0.39 is 0 Å². The predicted octanol–water partition coefficient (Wildman–Crippen LogP) is 2.68. The summed E-state index contributed by atoms with van der Waals surface area (Å²) >= 11 is 0. The second-order valence-corrected chi connectivity index (χ2v) is 6.28. The van der Waals surface area contributed by atoms with E-state index in [4.69, 9.17) is 5.11 Å². The molecule has 1 aliphatic rings. The molecule has 1 heterocycles. The average molecular weight is 285 g/mol. The SMILES string of the molecule is CC1(C)CCN(C(=O)c2ccccc2C#CCCO)CC1. The molecule has 0 aromatic heterocycles. The van der Waals surface area contributed by atoms with Crippen LogP contribution in [0.5, 0.6) is 0 Å². The van der Waals surface area contributed by atoms with Crippen LogP contribution < -0.4 is 0 Å². The maximum Gasteiger partial charge on any atom is 0.255 e. The summed E-state index contributed by atoms with van der Waals surface area (Å²) in [5.74, 6) is 5.95. The molecule has 0 spiro atoms. The van der Waals surface area contributed by atoms with E-state index in [-0.39, 0.29) is 12.5 Å². The molecule has 0 saturated carbocycles. The number of hydrogen-bond acceptors (Lipinski definition) is 2. The van der Waals surface area contributed by atoms with Crippen LogP contribution in [-0.4, -0.2) is 35.6 Å². The molecule has 1 aromatic rings. The summed E-state index contributed by atoms with van der Waals surface area (Å²) in [4.78, 5) is 14.6. The first-order valence-corrected chi connectivity index (χ1v) is 7.51. The minimum atomic E-state index is 0.0460. The molecule has 0 unspecified atom stereocenters. The van der Waals surface area contributed by atoms with Crippen LogP contribution in [0.25, 0.3) is 0 Å². The van der Waals surface area contributed by atoms with Crippen molar-refractivity contribution in [2.45, 2.75) is 33.1 Å². The molecule has 1 fully saturated rings. The third-order valence-electron chi connectivity index (χ3n) is 4.02. The van der Waals surface area contributed by atoms with Crippen molar-refractivity contribution in [2.75, 3.05) is 19.7 Å². The first kappa shape index (κ1) is 15.6. The zero-order valence-electron chi connectivity index (χ0n) is 12.9. The molecule has 112 valence electrons. The number of likely N-dealkylation sites (tertiary alicyclic amines) is 1. The summed E-state index contributed by atoms with van der Waals surface area (Å²) in [6.07, 6.45) is 2.51. The van der Waals surface area contributed by atoms with Crippen molar-refractivity contribution in [1.82, 2.24) is 4.90 Å². The highest BCUT2D eigenvalue weighted by atomic mass is 16.2. The van der Waals surface area contributed by atoms with Crippen LogP contribution in [0.4, 0.5) is 0 Å². The standard InChI is InChI=1S/C18H23NO2/c1-18(2)10-12-19(13-11-18)17(21)16-9-4-3-7-15(16)8-5-6-14-20/h3-4,7,9,20H,6,10-14H2,1-2H3. The Labute approximate surface area is 127 Å². The first-order valence-electron chi connectivity index (χ1n) is 7.51. The van der Waals surface area contributed by atoms with Crippen LogP contribution in [0.2, 0.25) is 0 Å². The van der Waals surface area contributed by atoms with Gasteiger partial charge in [-0.2, -0.15) is 0 Å². The number of hydrogen-bond donors (Lipinski definition) is 1. The fourth-order valence-corrected chi connectivity index (χ4v) is 2.48. The molecular weight excluding hydrogens is 262 g/mol. The number of rotatable bonds is 2. The van der Waals surface area contributed by atoms with E-state index in [1.54, 1.807) is 0 Å². The molecular formula is C18H23NO2. The average Bonchev–Trinajstić information content (AvgIpc) is 2.47. The predicted molar refractivity (Wildman–Crippen MR) is 83.9 cm³/mol. The van der Waals surface area contributed by atoms with Gasteiger partial charge in [-0.1, -0.05) is 37.8 Å². The zero-order valence-corrected chi connectivity index (χ0v) is 12.9. The van der Waals surface area contributed by atoms with Crippen molar-refractivity contribution < 1.29 is 9.90 Å². The lowest BCUT2D eigenvalue weighted by atomic mass is 9.82. The Kier molecular flexibility index (Phi) is 5.03. The summed E-state index contributed by atoms with van der Waals surface area (Å²) in [6, 6.07) is 7.47. The summed E-state index contributed by atoms with van der Waals surface area (Å²) in [7, 11) is 0. The van der Waals surface area contributed by atoms with Gasteiger partial charge >= 0.3 is 0 Å². The highest BCUT2D eigenvalue weighted by molar-refractivity contribution is 5.96. The Hall–Kier alpha value is -1.79.